The maximum Gasteiger partial charge on any atom is 0.279 e. The highest BCUT2D eigenvalue weighted by Gasteiger charge is 2.48. The zero-order chi connectivity index (χ0) is 36.5. The summed E-state index contributed by atoms with van der Waals surface area (Å²) < 4.78 is 0. The van der Waals surface area contributed by atoms with Gasteiger partial charge >= 0.3 is 0 Å². The smallest absolute Gasteiger partial charge is 0.279 e. The molecule has 0 atom stereocenters. The Labute approximate surface area is 313 Å². The molecule has 0 unspecified atom stereocenters. The van der Waals surface area contributed by atoms with E-state index in [9.17, 15) is 0 Å². The SMILES string of the molecule is CC(C)(C)c1nc2c3c(n1)N(c1ccccc1)c1c(C(C)(C)C)cc(-c4ccccc4)nc1B3c1cc(-c3ccccc3)ccc1N2c1ccccc1. The van der Waals surface area contributed by atoms with Gasteiger partial charge in [-0.2, -0.15) is 0 Å². The lowest BCUT2D eigenvalue weighted by Gasteiger charge is -2.44. The number of hydrogen-bond donors (Lipinski definition) is 0. The molecule has 0 spiro atoms. The van der Waals surface area contributed by atoms with Gasteiger partial charge < -0.3 is 0 Å². The normalized spacial score (nSPS) is 13.4. The van der Waals surface area contributed by atoms with E-state index in [1.54, 1.807) is 0 Å². The van der Waals surface area contributed by atoms with Crippen molar-refractivity contribution in [1.29, 1.82) is 0 Å². The summed E-state index contributed by atoms with van der Waals surface area (Å²) in [6.45, 7) is 13.3. The maximum atomic E-state index is 5.71. The van der Waals surface area contributed by atoms with Crippen molar-refractivity contribution in [2.75, 3.05) is 9.80 Å². The fraction of sp³-hybridized carbons (Fsp3) is 0.170. The van der Waals surface area contributed by atoms with E-state index >= 15 is 0 Å². The molecule has 2 aliphatic heterocycles. The van der Waals surface area contributed by atoms with Gasteiger partial charge in [0.1, 0.15) is 17.5 Å². The number of aromatic nitrogens is 3. The fourth-order valence-corrected chi connectivity index (χ4v) is 7.83. The van der Waals surface area contributed by atoms with Crippen LogP contribution in [0.3, 0.4) is 0 Å². The zero-order valence-corrected chi connectivity index (χ0v) is 31.2. The predicted octanol–water partition coefficient (Wildman–Crippen LogP) is 9.88. The number of benzene rings is 5. The molecule has 0 N–H and O–H groups in total. The second-order valence-electron chi connectivity index (χ2n) is 16.2. The van der Waals surface area contributed by atoms with Gasteiger partial charge in [0.15, 0.2) is 0 Å². The summed E-state index contributed by atoms with van der Waals surface area (Å²) in [4.78, 5) is 21.5. The van der Waals surface area contributed by atoms with Gasteiger partial charge in [-0.25, -0.2) is 9.97 Å². The van der Waals surface area contributed by atoms with Crippen molar-refractivity contribution in [2.24, 2.45) is 0 Å². The van der Waals surface area contributed by atoms with E-state index in [1.807, 2.05) is 0 Å². The van der Waals surface area contributed by atoms with Crippen molar-refractivity contribution in [2.45, 2.75) is 52.4 Å². The molecule has 53 heavy (non-hydrogen) atoms. The molecule has 0 amide bonds. The third-order valence-corrected chi connectivity index (χ3v) is 10.4. The second kappa shape index (κ2) is 12.3. The Morgan fingerprint density at radius 1 is 0.491 bits per heavy atom. The Bertz CT molecular complexity index is 2470. The molecule has 4 heterocycles. The minimum Gasteiger partial charge on any atom is -0.296 e. The highest BCUT2D eigenvalue weighted by Crippen LogP contribution is 2.46. The Morgan fingerprint density at radius 2 is 1.02 bits per heavy atom. The summed E-state index contributed by atoms with van der Waals surface area (Å²) in [6, 6.07) is 51.8. The van der Waals surface area contributed by atoms with Crippen LogP contribution in [-0.4, -0.2) is 21.7 Å². The molecule has 0 radical (unpaired) electrons. The first-order chi connectivity index (χ1) is 25.6. The molecule has 0 fully saturated rings. The van der Waals surface area contributed by atoms with E-state index in [0.717, 1.165) is 68.1 Å². The van der Waals surface area contributed by atoms with E-state index in [4.69, 9.17) is 15.0 Å². The van der Waals surface area contributed by atoms with Gasteiger partial charge in [0.05, 0.1) is 11.4 Å². The van der Waals surface area contributed by atoms with Crippen molar-refractivity contribution in [3.63, 3.8) is 0 Å². The summed E-state index contributed by atoms with van der Waals surface area (Å²) >= 11 is 0. The molecule has 0 aliphatic carbocycles. The Hall–Kier alpha value is -6.01. The average molecular weight is 688 g/mol. The van der Waals surface area contributed by atoms with Crippen molar-refractivity contribution in [3.8, 4) is 22.4 Å². The quantitative estimate of drug-likeness (QED) is 0.173. The summed E-state index contributed by atoms with van der Waals surface area (Å²) in [5, 5.41) is 0. The summed E-state index contributed by atoms with van der Waals surface area (Å²) in [7, 11) is 0. The number of fused-ring (bicyclic) bond motifs is 4. The first-order valence-electron chi connectivity index (χ1n) is 18.5. The van der Waals surface area contributed by atoms with Crippen LogP contribution < -0.4 is 26.3 Å². The van der Waals surface area contributed by atoms with Crippen LogP contribution in [0.5, 0.6) is 0 Å². The van der Waals surface area contributed by atoms with Crippen LogP contribution in [0.1, 0.15) is 52.9 Å². The monoisotopic (exact) mass is 687 g/mol. The van der Waals surface area contributed by atoms with Crippen molar-refractivity contribution in [3.05, 3.63) is 157 Å². The summed E-state index contributed by atoms with van der Waals surface area (Å²) in [5.74, 6) is 2.60. The lowest BCUT2D eigenvalue weighted by atomic mass is 9.35. The summed E-state index contributed by atoms with van der Waals surface area (Å²) in [6.07, 6.45) is 0. The molecule has 6 heteroatoms. The third kappa shape index (κ3) is 5.52. The molecule has 258 valence electrons. The van der Waals surface area contributed by atoms with E-state index in [1.165, 1.54) is 16.6 Å². The van der Waals surface area contributed by atoms with Crippen LogP contribution in [0.15, 0.2) is 146 Å². The lowest BCUT2D eigenvalue weighted by molar-refractivity contribution is 0.546. The topological polar surface area (TPSA) is 45.2 Å². The van der Waals surface area contributed by atoms with Gasteiger partial charge in [-0.05, 0) is 64.0 Å². The van der Waals surface area contributed by atoms with Gasteiger partial charge in [0.25, 0.3) is 6.71 Å². The van der Waals surface area contributed by atoms with E-state index in [2.05, 4.69) is 197 Å². The number of pyridine rings is 1. The zero-order valence-electron chi connectivity index (χ0n) is 31.2. The van der Waals surface area contributed by atoms with E-state index in [-0.39, 0.29) is 17.5 Å². The van der Waals surface area contributed by atoms with Crippen LogP contribution >= 0.6 is 0 Å². The van der Waals surface area contributed by atoms with E-state index in [0.29, 0.717) is 0 Å². The Balaban J connectivity index is 1.46. The molecule has 9 rings (SSSR count). The molecule has 7 aromatic rings. The maximum absolute atomic E-state index is 5.71. The number of rotatable bonds is 4. The number of hydrogen-bond acceptors (Lipinski definition) is 5. The minimum atomic E-state index is -0.314. The molecule has 2 aromatic heterocycles. The van der Waals surface area contributed by atoms with Crippen molar-refractivity contribution >= 4 is 57.6 Å². The molecular formula is C47H42BN5. The van der Waals surface area contributed by atoms with Gasteiger partial charge in [0.2, 0.25) is 0 Å². The van der Waals surface area contributed by atoms with Crippen molar-refractivity contribution < 1.29 is 0 Å². The molecule has 2 aliphatic rings. The van der Waals surface area contributed by atoms with Gasteiger partial charge in [-0.1, -0.05) is 151 Å². The fourth-order valence-electron chi connectivity index (χ4n) is 7.83. The van der Waals surface area contributed by atoms with Crippen molar-refractivity contribution in [1.82, 2.24) is 15.0 Å². The minimum absolute atomic E-state index is 0.219. The molecular weight excluding hydrogens is 645 g/mol. The lowest BCUT2D eigenvalue weighted by Crippen LogP contribution is -2.63. The van der Waals surface area contributed by atoms with Crippen LogP contribution in [0.4, 0.5) is 34.4 Å². The molecule has 5 nitrogen and oxygen atoms in total. The number of anilines is 6. The molecule has 5 aromatic carbocycles. The highest BCUT2D eigenvalue weighted by atomic mass is 15.3. The molecule has 0 saturated heterocycles. The number of para-hydroxylation sites is 2. The molecule has 0 saturated carbocycles. The summed E-state index contributed by atoms with van der Waals surface area (Å²) in [5.41, 5.74) is 12.6. The number of nitrogens with zero attached hydrogens (tertiary/aromatic N) is 5. The first kappa shape index (κ1) is 32.9. The van der Waals surface area contributed by atoms with Crippen LogP contribution in [0, 0.1) is 0 Å². The highest BCUT2D eigenvalue weighted by molar-refractivity contribution is 6.99. The molecule has 0 bridgehead atoms. The second-order valence-corrected chi connectivity index (χ2v) is 16.2. The van der Waals surface area contributed by atoms with Crippen LogP contribution in [0.2, 0.25) is 0 Å². The third-order valence-electron chi connectivity index (χ3n) is 10.4. The Morgan fingerprint density at radius 3 is 1.58 bits per heavy atom. The van der Waals surface area contributed by atoms with Crippen LogP contribution in [0.25, 0.3) is 22.4 Å². The van der Waals surface area contributed by atoms with Crippen LogP contribution in [-0.2, 0) is 10.8 Å². The van der Waals surface area contributed by atoms with Gasteiger partial charge in [0, 0.05) is 39.1 Å². The van der Waals surface area contributed by atoms with Gasteiger partial charge in [-0.3, -0.25) is 14.8 Å². The standard InChI is InChI=1S/C47H42BN5/c1-46(2,3)36-30-38(32-21-13-8-14-22-32)49-42-41(36)53(35-25-17-10-18-26-35)44-40-43(50-45(51-44)47(4,5)6)52(34-23-15-9-16-24-34)39-28-27-33(29-37(39)48(40)42)31-19-11-7-12-20-31/h7-30H,1-6H3. The van der Waals surface area contributed by atoms with Gasteiger partial charge in [-0.15, -0.1) is 0 Å². The largest absolute Gasteiger partial charge is 0.296 e. The predicted molar refractivity (Wildman–Crippen MR) is 222 cm³/mol. The first-order valence-corrected chi connectivity index (χ1v) is 18.5. The Kier molecular flexibility index (Phi) is 7.63. The average Bonchev–Trinajstić information content (AvgIpc) is 3.17. The van der Waals surface area contributed by atoms with E-state index < -0.39 is 0 Å².